The molecule has 2 saturated heterocycles. The molecule has 1 aliphatic carbocycles. The molecule has 0 spiro atoms. The third kappa shape index (κ3) is 1.62. The molecule has 3 aliphatic rings. The van der Waals surface area contributed by atoms with Crippen molar-refractivity contribution in [2.24, 2.45) is 0 Å². The second kappa shape index (κ2) is 4.05. The largest absolute Gasteiger partial charge is 0.341 e. The van der Waals surface area contributed by atoms with E-state index in [1.807, 2.05) is 11.3 Å². The molecule has 0 aromatic carbocycles. The van der Waals surface area contributed by atoms with E-state index in [9.17, 15) is 4.79 Å². The first kappa shape index (κ1) is 11.0. The lowest BCUT2D eigenvalue weighted by Crippen LogP contribution is -2.52. The van der Waals surface area contributed by atoms with Crippen LogP contribution < -0.4 is 4.90 Å². The Morgan fingerprint density at radius 1 is 1.11 bits per heavy atom. The molecule has 0 radical (unpaired) electrons. The minimum Gasteiger partial charge on any atom is -0.341 e. The zero-order valence-electron chi connectivity index (χ0n) is 10.5. The van der Waals surface area contributed by atoms with E-state index in [4.69, 9.17) is 4.98 Å². The molecule has 18 heavy (non-hydrogen) atoms. The molecule has 4 heteroatoms. The van der Waals surface area contributed by atoms with Crippen molar-refractivity contribution in [2.45, 2.75) is 63.5 Å². The zero-order chi connectivity index (χ0) is 12.1. The van der Waals surface area contributed by atoms with Crippen molar-refractivity contribution in [3.8, 4) is 0 Å². The van der Waals surface area contributed by atoms with Crippen LogP contribution in [0.15, 0.2) is 0 Å². The van der Waals surface area contributed by atoms with Crippen LogP contribution in [0.4, 0.5) is 5.13 Å². The van der Waals surface area contributed by atoms with Crippen LogP contribution in [-0.4, -0.2) is 22.9 Å². The highest BCUT2D eigenvalue weighted by molar-refractivity contribution is 7.15. The van der Waals surface area contributed by atoms with E-state index in [0.717, 1.165) is 19.3 Å². The van der Waals surface area contributed by atoms with Gasteiger partial charge in [0.05, 0.1) is 5.69 Å². The van der Waals surface area contributed by atoms with Crippen LogP contribution in [0.1, 0.15) is 49.1 Å². The van der Waals surface area contributed by atoms with Gasteiger partial charge in [-0.2, -0.15) is 0 Å². The lowest BCUT2D eigenvalue weighted by Gasteiger charge is -2.45. The summed E-state index contributed by atoms with van der Waals surface area (Å²) < 4.78 is 0. The Kier molecular flexibility index (Phi) is 2.47. The Balaban J connectivity index is 1.68. The van der Waals surface area contributed by atoms with Crippen LogP contribution in [0.3, 0.4) is 0 Å². The van der Waals surface area contributed by atoms with Gasteiger partial charge in [-0.1, -0.05) is 0 Å². The Bertz CT molecular complexity index is 458. The van der Waals surface area contributed by atoms with Crippen LogP contribution in [0.25, 0.3) is 0 Å². The first-order valence-corrected chi connectivity index (χ1v) is 7.91. The summed E-state index contributed by atoms with van der Waals surface area (Å²) in [6.07, 6.45) is 8.79. The third-order valence-electron chi connectivity index (χ3n) is 4.59. The van der Waals surface area contributed by atoms with Gasteiger partial charge < -0.3 is 4.90 Å². The highest BCUT2D eigenvalue weighted by Gasteiger charge is 2.39. The fourth-order valence-corrected chi connectivity index (χ4v) is 5.07. The number of anilines is 1. The molecule has 2 atom stereocenters. The van der Waals surface area contributed by atoms with Crippen LogP contribution in [0, 0.1) is 0 Å². The maximum atomic E-state index is 11.7. The van der Waals surface area contributed by atoms with Crippen LogP contribution in [0.5, 0.6) is 0 Å². The minimum absolute atomic E-state index is 0.441. The topological polar surface area (TPSA) is 33.2 Å². The first-order chi connectivity index (χ1) is 8.81. The number of piperidine rings is 2. The zero-order valence-corrected chi connectivity index (χ0v) is 11.3. The van der Waals surface area contributed by atoms with E-state index in [0.29, 0.717) is 17.9 Å². The standard InChI is InChI=1S/C14H18N2OS/c17-11-7-9-3-1-4-10(8-11)16(9)14-15-12-5-2-6-13(12)18-14/h9-10H,1-8H2. The number of fused-ring (bicyclic) bond motifs is 3. The van der Waals surface area contributed by atoms with Crippen molar-refractivity contribution in [3.05, 3.63) is 10.6 Å². The monoisotopic (exact) mass is 262 g/mol. The summed E-state index contributed by atoms with van der Waals surface area (Å²) in [4.78, 5) is 20.6. The molecule has 3 nitrogen and oxygen atoms in total. The van der Waals surface area contributed by atoms with E-state index in [-0.39, 0.29) is 0 Å². The summed E-state index contributed by atoms with van der Waals surface area (Å²) in [6, 6.07) is 0.882. The smallest absolute Gasteiger partial charge is 0.186 e. The lowest BCUT2D eigenvalue weighted by atomic mass is 9.84. The van der Waals surface area contributed by atoms with Gasteiger partial charge in [0.15, 0.2) is 5.13 Å². The molecule has 0 amide bonds. The van der Waals surface area contributed by atoms with Gasteiger partial charge in [0.1, 0.15) is 5.78 Å². The highest BCUT2D eigenvalue weighted by atomic mass is 32.1. The van der Waals surface area contributed by atoms with Crippen molar-refractivity contribution in [1.29, 1.82) is 0 Å². The Morgan fingerprint density at radius 3 is 2.61 bits per heavy atom. The van der Waals surface area contributed by atoms with Crippen molar-refractivity contribution in [1.82, 2.24) is 4.98 Å². The predicted octanol–water partition coefficient (Wildman–Crippen LogP) is 2.72. The number of carbonyl (C=O) groups excluding carboxylic acids is 1. The number of carbonyl (C=O) groups is 1. The van der Waals surface area contributed by atoms with Crippen molar-refractivity contribution in [3.63, 3.8) is 0 Å². The molecule has 2 unspecified atom stereocenters. The molecule has 4 rings (SSSR count). The number of thiazole rings is 1. The van der Waals surface area contributed by atoms with Crippen molar-refractivity contribution in [2.75, 3.05) is 4.90 Å². The predicted molar refractivity (Wildman–Crippen MR) is 72.3 cm³/mol. The van der Waals surface area contributed by atoms with E-state index in [1.54, 1.807) is 0 Å². The number of hydrogen-bond donors (Lipinski definition) is 0. The summed E-state index contributed by atoms with van der Waals surface area (Å²) in [5, 5.41) is 1.21. The summed E-state index contributed by atoms with van der Waals surface area (Å²) in [6.45, 7) is 0. The van der Waals surface area contributed by atoms with E-state index in [2.05, 4.69) is 4.90 Å². The van der Waals surface area contributed by atoms with Gasteiger partial charge in [-0.25, -0.2) is 4.98 Å². The SMILES string of the molecule is O=C1CC2CCCC(C1)N2c1nc2c(s1)CCC2. The Labute approximate surface area is 111 Å². The molecule has 3 heterocycles. The number of Topliss-reactive ketones (excluding diaryl/α,β-unsaturated/α-hetero) is 1. The molecule has 2 bridgehead atoms. The van der Waals surface area contributed by atoms with Crippen molar-refractivity contribution < 1.29 is 4.79 Å². The van der Waals surface area contributed by atoms with Gasteiger partial charge in [-0.05, 0) is 38.5 Å². The van der Waals surface area contributed by atoms with Gasteiger partial charge in [0, 0.05) is 29.8 Å². The van der Waals surface area contributed by atoms with Crippen LogP contribution >= 0.6 is 11.3 Å². The highest BCUT2D eigenvalue weighted by Crippen LogP contribution is 2.40. The van der Waals surface area contributed by atoms with E-state index >= 15 is 0 Å². The number of rotatable bonds is 1. The molecular weight excluding hydrogens is 244 g/mol. The van der Waals surface area contributed by atoms with Gasteiger partial charge >= 0.3 is 0 Å². The fourth-order valence-electron chi connectivity index (χ4n) is 3.77. The summed E-state index contributed by atoms with van der Waals surface area (Å²) >= 11 is 1.89. The number of hydrogen-bond acceptors (Lipinski definition) is 4. The lowest BCUT2D eigenvalue weighted by molar-refractivity contribution is -0.121. The van der Waals surface area contributed by atoms with E-state index < -0.39 is 0 Å². The van der Waals surface area contributed by atoms with Crippen LogP contribution in [0.2, 0.25) is 0 Å². The first-order valence-electron chi connectivity index (χ1n) is 7.10. The molecule has 0 saturated carbocycles. The molecule has 2 aliphatic heterocycles. The Morgan fingerprint density at radius 2 is 1.89 bits per heavy atom. The maximum Gasteiger partial charge on any atom is 0.186 e. The summed E-state index contributed by atoms with van der Waals surface area (Å²) in [5.74, 6) is 0.463. The van der Waals surface area contributed by atoms with E-state index in [1.165, 1.54) is 47.8 Å². The van der Waals surface area contributed by atoms with Crippen molar-refractivity contribution >= 4 is 22.3 Å². The second-order valence-electron chi connectivity index (χ2n) is 5.81. The molecule has 0 N–H and O–H groups in total. The summed E-state index contributed by atoms with van der Waals surface area (Å²) in [7, 11) is 0. The number of aromatic nitrogens is 1. The number of aryl methyl sites for hydroxylation is 2. The van der Waals surface area contributed by atoms with Crippen LogP contribution in [-0.2, 0) is 17.6 Å². The maximum absolute atomic E-state index is 11.7. The summed E-state index contributed by atoms with van der Waals surface area (Å²) in [5.41, 5.74) is 1.34. The number of nitrogens with zero attached hydrogens (tertiary/aromatic N) is 2. The minimum atomic E-state index is 0.441. The van der Waals surface area contributed by atoms with Gasteiger partial charge in [0.2, 0.25) is 0 Å². The molecule has 1 aromatic heterocycles. The molecule has 2 fully saturated rings. The van der Waals surface area contributed by atoms with Gasteiger partial charge in [0.25, 0.3) is 0 Å². The van der Waals surface area contributed by atoms with Gasteiger partial charge in [-0.3, -0.25) is 4.79 Å². The average molecular weight is 262 g/mol. The molecule has 1 aromatic rings. The molecular formula is C14H18N2OS. The second-order valence-corrected chi connectivity index (χ2v) is 6.87. The molecule has 96 valence electrons. The Hall–Kier alpha value is -0.900. The van der Waals surface area contributed by atoms with Gasteiger partial charge in [-0.15, -0.1) is 11.3 Å². The quantitative estimate of drug-likeness (QED) is 0.780. The third-order valence-corrected chi connectivity index (χ3v) is 5.76. The number of ketones is 1. The normalized spacial score (nSPS) is 30.7. The average Bonchev–Trinajstić information content (AvgIpc) is 2.87. The fraction of sp³-hybridized carbons (Fsp3) is 0.714.